The summed E-state index contributed by atoms with van der Waals surface area (Å²) in [7, 11) is 1.60. The molecule has 2 aromatic carbocycles. The first-order valence-corrected chi connectivity index (χ1v) is 14.1. The van der Waals surface area contributed by atoms with Crippen LogP contribution in [0.4, 0.5) is 15.9 Å². The second kappa shape index (κ2) is 12.3. The second-order valence-corrected chi connectivity index (χ2v) is 10.6. The first-order chi connectivity index (χ1) is 19.0. The van der Waals surface area contributed by atoms with Crippen molar-refractivity contribution < 1.29 is 18.7 Å². The van der Waals surface area contributed by atoms with Crippen LogP contribution in [0.5, 0.6) is 11.5 Å². The molecule has 1 aliphatic carbocycles. The molecular weight excluding hydrogens is 521 g/mol. The number of amides is 1. The van der Waals surface area contributed by atoms with E-state index in [0.29, 0.717) is 40.8 Å². The maximum absolute atomic E-state index is 14.5. The summed E-state index contributed by atoms with van der Waals surface area (Å²) in [6.45, 7) is 5.30. The van der Waals surface area contributed by atoms with Gasteiger partial charge >= 0.3 is 0 Å². The van der Waals surface area contributed by atoms with E-state index in [-0.39, 0.29) is 22.7 Å². The van der Waals surface area contributed by atoms with E-state index in [4.69, 9.17) is 21.1 Å². The van der Waals surface area contributed by atoms with Gasteiger partial charge in [0, 0.05) is 37.1 Å². The molecule has 0 bridgehead atoms. The number of carbonyl (C=O) groups excluding carboxylic acids is 1. The zero-order valence-electron chi connectivity index (χ0n) is 22.5. The van der Waals surface area contributed by atoms with E-state index >= 15 is 0 Å². The van der Waals surface area contributed by atoms with E-state index in [1.54, 1.807) is 25.3 Å². The molecule has 1 saturated heterocycles. The molecule has 1 N–H and O–H groups in total. The van der Waals surface area contributed by atoms with Gasteiger partial charge in [0.05, 0.1) is 36.0 Å². The third-order valence-electron chi connectivity index (χ3n) is 7.71. The number of methoxy groups -OCH3 is 1. The van der Waals surface area contributed by atoms with Crippen molar-refractivity contribution >= 4 is 39.9 Å². The molecule has 0 atom stereocenters. The highest BCUT2D eigenvalue weighted by atomic mass is 35.5. The maximum atomic E-state index is 14.5. The molecule has 2 aliphatic rings. The zero-order valence-corrected chi connectivity index (χ0v) is 23.2. The average Bonchev–Trinajstić information content (AvgIpc) is 2.95. The van der Waals surface area contributed by atoms with Crippen molar-refractivity contribution in [3.05, 3.63) is 47.5 Å². The van der Waals surface area contributed by atoms with Crippen LogP contribution >= 0.6 is 11.6 Å². The van der Waals surface area contributed by atoms with Gasteiger partial charge in [0.2, 0.25) is 5.91 Å². The van der Waals surface area contributed by atoms with Gasteiger partial charge in [-0.25, -0.2) is 14.4 Å². The van der Waals surface area contributed by atoms with Gasteiger partial charge in [-0.15, -0.1) is 0 Å². The summed E-state index contributed by atoms with van der Waals surface area (Å²) in [5.41, 5.74) is 0.870. The molecule has 5 rings (SSSR count). The van der Waals surface area contributed by atoms with Gasteiger partial charge in [0.15, 0.2) is 17.3 Å². The number of carbonyl (C=O) groups is 1. The van der Waals surface area contributed by atoms with E-state index in [1.807, 2.05) is 11.0 Å². The van der Waals surface area contributed by atoms with Gasteiger partial charge in [0.1, 0.15) is 12.1 Å². The molecule has 39 heavy (non-hydrogen) atoms. The highest BCUT2D eigenvalue weighted by Gasteiger charge is 2.32. The third kappa shape index (κ3) is 6.20. The lowest BCUT2D eigenvalue weighted by Crippen LogP contribution is -2.54. The van der Waals surface area contributed by atoms with Crippen LogP contribution in [0.3, 0.4) is 0 Å². The van der Waals surface area contributed by atoms with E-state index < -0.39 is 5.82 Å². The molecule has 3 aromatic rings. The molecule has 0 unspecified atom stereocenters. The predicted molar refractivity (Wildman–Crippen MR) is 151 cm³/mol. The van der Waals surface area contributed by atoms with Crippen LogP contribution in [0.2, 0.25) is 5.02 Å². The molecule has 2 heterocycles. The lowest BCUT2D eigenvalue weighted by atomic mass is 9.91. The summed E-state index contributed by atoms with van der Waals surface area (Å²) in [5, 5.41) is 3.75. The van der Waals surface area contributed by atoms with Gasteiger partial charge in [-0.1, -0.05) is 31.0 Å². The largest absolute Gasteiger partial charge is 0.493 e. The number of ether oxygens (including phenoxy) is 2. The minimum absolute atomic E-state index is 0.0283. The van der Waals surface area contributed by atoms with Gasteiger partial charge in [0.25, 0.3) is 0 Å². The highest BCUT2D eigenvalue weighted by molar-refractivity contribution is 6.31. The summed E-state index contributed by atoms with van der Waals surface area (Å²) in [6.07, 6.45) is 7.35. The first-order valence-electron chi connectivity index (χ1n) is 13.7. The maximum Gasteiger partial charge on any atom is 0.236 e. The van der Waals surface area contributed by atoms with Gasteiger partial charge in [-0.05, 0) is 50.3 Å². The predicted octanol–water partition coefficient (Wildman–Crippen LogP) is 5.81. The van der Waals surface area contributed by atoms with Gasteiger partial charge < -0.3 is 19.7 Å². The molecule has 1 aliphatic heterocycles. The fourth-order valence-electron chi connectivity index (χ4n) is 5.47. The van der Waals surface area contributed by atoms with Crippen LogP contribution in [-0.4, -0.2) is 71.1 Å². The van der Waals surface area contributed by atoms with Crippen molar-refractivity contribution in [2.75, 3.05) is 38.6 Å². The number of piperazine rings is 1. The molecule has 208 valence electrons. The second-order valence-electron chi connectivity index (χ2n) is 10.2. The smallest absolute Gasteiger partial charge is 0.236 e. The fourth-order valence-corrected chi connectivity index (χ4v) is 5.65. The lowest BCUT2D eigenvalue weighted by Gasteiger charge is -2.41. The molecule has 2 fully saturated rings. The van der Waals surface area contributed by atoms with Crippen molar-refractivity contribution in [3.63, 3.8) is 0 Å². The topological polar surface area (TPSA) is 79.8 Å². The number of halogens is 2. The number of aromatic nitrogens is 2. The Morgan fingerprint density at radius 2 is 1.95 bits per heavy atom. The normalized spacial score (nSPS) is 20.3. The quantitative estimate of drug-likeness (QED) is 0.357. The van der Waals surface area contributed by atoms with Crippen LogP contribution in [0, 0.1) is 5.82 Å². The summed E-state index contributed by atoms with van der Waals surface area (Å²) >= 11 is 5.96. The van der Waals surface area contributed by atoms with E-state index in [9.17, 15) is 9.18 Å². The summed E-state index contributed by atoms with van der Waals surface area (Å²) in [5.74, 6) is 1.32. The number of hydrogen-bond donors (Lipinski definition) is 1. The Morgan fingerprint density at radius 1 is 1.13 bits per heavy atom. The molecule has 10 heteroatoms. The Morgan fingerprint density at radius 3 is 2.69 bits per heavy atom. The number of rotatable bonds is 9. The molecule has 0 spiro atoms. The molecule has 0 radical (unpaired) electrons. The monoisotopic (exact) mass is 555 g/mol. The standard InChI is InChI=1S/C29H35ClFN5O3/c1-3-4-12-35-13-14-36(17-27(35)37)19-8-10-20(11-9-19)39-26-15-21-24(16-25(26)38-2)32-18-33-29(21)34-23-7-5-6-22(30)28(23)31/h5-7,15-16,18-20H,3-4,8-14,17H2,1-2H3,(H,32,33,34)/t19-,20+. The Bertz CT molecular complexity index is 1320. The number of fused-ring (bicyclic) bond motifs is 1. The fraction of sp³-hybridized carbons (Fsp3) is 0.483. The number of benzene rings is 2. The van der Waals surface area contributed by atoms with Crippen LogP contribution in [-0.2, 0) is 4.79 Å². The first kappa shape index (κ1) is 27.4. The zero-order chi connectivity index (χ0) is 27.4. The summed E-state index contributed by atoms with van der Waals surface area (Å²) in [4.78, 5) is 25.7. The van der Waals surface area contributed by atoms with Crippen molar-refractivity contribution in [3.8, 4) is 11.5 Å². The Kier molecular flexibility index (Phi) is 8.67. The molecule has 1 aromatic heterocycles. The van der Waals surface area contributed by atoms with Crippen molar-refractivity contribution in [1.82, 2.24) is 19.8 Å². The lowest BCUT2D eigenvalue weighted by molar-refractivity contribution is -0.137. The molecule has 1 amide bonds. The van der Waals surface area contributed by atoms with Crippen LogP contribution in [0.1, 0.15) is 45.4 Å². The molecular formula is C29H35ClFN5O3. The van der Waals surface area contributed by atoms with E-state index in [2.05, 4.69) is 27.1 Å². The van der Waals surface area contributed by atoms with Crippen LogP contribution in [0.25, 0.3) is 10.9 Å². The minimum atomic E-state index is -0.545. The molecule has 8 nitrogen and oxygen atoms in total. The van der Waals surface area contributed by atoms with E-state index in [0.717, 1.165) is 58.2 Å². The van der Waals surface area contributed by atoms with Gasteiger partial charge in [-0.3, -0.25) is 9.69 Å². The van der Waals surface area contributed by atoms with Crippen LogP contribution in [0.15, 0.2) is 36.7 Å². The number of anilines is 2. The summed E-state index contributed by atoms with van der Waals surface area (Å²) < 4.78 is 26.6. The SMILES string of the molecule is CCCCN1CCN([C@H]2CC[C@@H](Oc3cc4c(Nc5cccc(Cl)c5F)ncnc4cc3OC)CC2)CC1=O. The number of nitrogens with one attached hydrogen (secondary N) is 1. The van der Waals surface area contributed by atoms with Crippen LogP contribution < -0.4 is 14.8 Å². The van der Waals surface area contributed by atoms with Crippen molar-refractivity contribution in [2.45, 2.75) is 57.6 Å². The van der Waals surface area contributed by atoms with Gasteiger partial charge in [-0.2, -0.15) is 0 Å². The average molecular weight is 556 g/mol. The Balaban J connectivity index is 1.26. The highest BCUT2D eigenvalue weighted by Crippen LogP contribution is 2.38. The number of unbranched alkanes of at least 4 members (excludes halogenated alkanes) is 1. The van der Waals surface area contributed by atoms with Crippen molar-refractivity contribution in [1.29, 1.82) is 0 Å². The number of nitrogens with zero attached hydrogens (tertiary/aromatic N) is 4. The summed E-state index contributed by atoms with van der Waals surface area (Å²) in [6, 6.07) is 8.83. The Hall–Kier alpha value is -3.17. The van der Waals surface area contributed by atoms with E-state index in [1.165, 1.54) is 12.4 Å². The van der Waals surface area contributed by atoms with Crippen molar-refractivity contribution in [2.24, 2.45) is 0 Å². The minimum Gasteiger partial charge on any atom is -0.493 e. The Labute approximate surface area is 233 Å². The molecule has 1 saturated carbocycles. The number of hydrogen-bond acceptors (Lipinski definition) is 7. The third-order valence-corrected chi connectivity index (χ3v) is 8.00.